The van der Waals surface area contributed by atoms with Crippen molar-refractivity contribution in [3.05, 3.63) is 69.0 Å². The Labute approximate surface area is 229 Å². The third-order valence-electron chi connectivity index (χ3n) is 6.95. The second-order valence-corrected chi connectivity index (χ2v) is 10.1. The van der Waals surface area contributed by atoms with E-state index in [1.807, 2.05) is 31.2 Å². The van der Waals surface area contributed by atoms with Gasteiger partial charge in [-0.05, 0) is 73.3 Å². The number of morpholine rings is 1. The van der Waals surface area contributed by atoms with E-state index >= 15 is 0 Å². The van der Waals surface area contributed by atoms with Crippen LogP contribution in [0.4, 0.5) is 0 Å². The molecule has 1 aliphatic rings. The first-order chi connectivity index (χ1) is 18.4. The maximum Gasteiger partial charge on any atom is 0.253 e. The van der Waals surface area contributed by atoms with Crippen molar-refractivity contribution >= 4 is 28.2 Å². The molecular formula is C29H38N4O4S. The summed E-state index contributed by atoms with van der Waals surface area (Å²) in [6.45, 7) is 10.1. The number of hydrogen-bond donors (Lipinski definition) is 2. The minimum atomic E-state index is -0.0750. The molecule has 2 heterocycles. The fourth-order valence-corrected chi connectivity index (χ4v) is 5.11. The quantitative estimate of drug-likeness (QED) is 0.381. The van der Waals surface area contributed by atoms with E-state index in [9.17, 15) is 4.79 Å². The topological polar surface area (TPSA) is 79.1 Å². The molecule has 0 saturated carbocycles. The van der Waals surface area contributed by atoms with E-state index in [4.69, 9.17) is 26.4 Å². The van der Waals surface area contributed by atoms with Crippen LogP contribution in [0.3, 0.4) is 0 Å². The summed E-state index contributed by atoms with van der Waals surface area (Å²) in [6, 6.07) is 12.1. The van der Waals surface area contributed by atoms with Crippen molar-refractivity contribution in [1.82, 2.24) is 20.1 Å². The Morgan fingerprint density at radius 1 is 1.11 bits per heavy atom. The van der Waals surface area contributed by atoms with Crippen LogP contribution in [0.25, 0.3) is 10.9 Å². The molecule has 9 heteroatoms. The summed E-state index contributed by atoms with van der Waals surface area (Å²) in [4.78, 5) is 20.6. The van der Waals surface area contributed by atoms with Gasteiger partial charge in [-0.15, -0.1) is 0 Å². The van der Waals surface area contributed by atoms with Crippen molar-refractivity contribution < 1.29 is 14.2 Å². The molecule has 38 heavy (non-hydrogen) atoms. The number of aromatic amines is 1. The van der Waals surface area contributed by atoms with Gasteiger partial charge in [0, 0.05) is 38.3 Å². The maximum atomic E-state index is 13.1. The molecule has 0 unspecified atom stereocenters. The van der Waals surface area contributed by atoms with E-state index in [1.165, 1.54) is 5.56 Å². The third kappa shape index (κ3) is 7.03. The van der Waals surface area contributed by atoms with Gasteiger partial charge in [-0.2, -0.15) is 0 Å². The van der Waals surface area contributed by atoms with E-state index in [-0.39, 0.29) is 5.56 Å². The molecule has 204 valence electrons. The molecule has 4 rings (SSSR count). The number of nitrogens with zero attached hydrogens (tertiary/aromatic N) is 2. The number of rotatable bonds is 10. The lowest BCUT2D eigenvalue weighted by Crippen LogP contribution is -2.46. The summed E-state index contributed by atoms with van der Waals surface area (Å²) in [5.41, 5.74) is 4.88. The predicted molar refractivity (Wildman–Crippen MR) is 156 cm³/mol. The van der Waals surface area contributed by atoms with Gasteiger partial charge in [0.15, 0.2) is 16.6 Å². The highest BCUT2D eigenvalue weighted by Gasteiger charge is 2.17. The fraction of sp³-hybridized carbons (Fsp3) is 0.448. The lowest BCUT2D eigenvalue weighted by atomic mass is 10.1. The first-order valence-corrected chi connectivity index (χ1v) is 13.5. The number of benzene rings is 2. The number of ether oxygens (including phenoxy) is 3. The molecule has 3 aromatic rings. The molecule has 8 nitrogen and oxygen atoms in total. The Bertz CT molecular complexity index is 1320. The van der Waals surface area contributed by atoms with E-state index in [0.717, 1.165) is 61.3 Å². The zero-order valence-electron chi connectivity index (χ0n) is 22.8. The number of H-pyrrole nitrogens is 1. The fourth-order valence-electron chi connectivity index (χ4n) is 4.86. The summed E-state index contributed by atoms with van der Waals surface area (Å²) in [5.74, 6) is 1.42. The third-order valence-corrected chi connectivity index (χ3v) is 7.35. The van der Waals surface area contributed by atoms with Crippen molar-refractivity contribution in [2.24, 2.45) is 0 Å². The van der Waals surface area contributed by atoms with Gasteiger partial charge < -0.3 is 29.4 Å². The van der Waals surface area contributed by atoms with Gasteiger partial charge >= 0.3 is 0 Å². The zero-order chi connectivity index (χ0) is 27.1. The first kappa shape index (κ1) is 27.9. The van der Waals surface area contributed by atoms with Gasteiger partial charge in [0.2, 0.25) is 0 Å². The van der Waals surface area contributed by atoms with Gasteiger partial charge in [0.05, 0.1) is 39.5 Å². The summed E-state index contributed by atoms with van der Waals surface area (Å²) in [5, 5.41) is 5.09. The standard InChI is InChI=1S/C29H38N4O4S/c1-20-15-21(2)27-23(16-20)18-24(28(34)31-27)19-33(10-9-32-11-13-37-14-12-32)29(38)30-8-7-22-5-6-25(35-3)26(17-22)36-4/h5-6,15-18H,7-14,19H2,1-4H3,(H,30,38)(H,31,34). The van der Waals surface area contributed by atoms with Crippen molar-refractivity contribution in [1.29, 1.82) is 0 Å². The van der Waals surface area contributed by atoms with Crippen LogP contribution in [0.2, 0.25) is 0 Å². The molecule has 1 fully saturated rings. The second kappa shape index (κ2) is 13.1. The van der Waals surface area contributed by atoms with Crippen molar-refractivity contribution in [3.8, 4) is 11.5 Å². The molecule has 0 bridgehead atoms. The van der Waals surface area contributed by atoms with E-state index < -0.39 is 0 Å². The highest BCUT2D eigenvalue weighted by atomic mass is 32.1. The average molecular weight is 539 g/mol. The van der Waals surface area contributed by atoms with Crippen LogP contribution in [-0.4, -0.2) is 80.1 Å². The molecule has 0 aliphatic carbocycles. The number of hydrogen-bond acceptors (Lipinski definition) is 6. The molecule has 1 aromatic heterocycles. The van der Waals surface area contributed by atoms with Crippen molar-refractivity contribution in [3.63, 3.8) is 0 Å². The first-order valence-electron chi connectivity index (χ1n) is 13.0. The SMILES string of the molecule is COc1ccc(CCNC(=S)N(CCN2CCOCC2)Cc2cc3cc(C)cc(C)c3[nH]c2=O)cc1OC. The maximum absolute atomic E-state index is 13.1. The molecule has 2 N–H and O–H groups in total. The van der Waals surface area contributed by atoms with Crippen LogP contribution in [0.15, 0.2) is 41.2 Å². The molecule has 0 amide bonds. The largest absolute Gasteiger partial charge is 0.493 e. The molecule has 1 aliphatic heterocycles. The van der Waals surface area contributed by atoms with Gasteiger partial charge in [0.25, 0.3) is 5.56 Å². The minimum absolute atomic E-state index is 0.0750. The molecule has 0 radical (unpaired) electrons. The van der Waals surface area contributed by atoms with Crippen molar-refractivity contribution in [2.45, 2.75) is 26.8 Å². The molecule has 2 aromatic carbocycles. The highest BCUT2D eigenvalue weighted by molar-refractivity contribution is 7.80. The zero-order valence-corrected chi connectivity index (χ0v) is 23.6. The summed E-state index contributed by atoms with van der Waals surface area (Å²) < 4.78 is 16.3. The molecular weight excluding hydrogens is 500 g/mol. The highest BCUT2D eigenvalue weighted by Crippen LogP contribution is 2.27. The van der Waals surface area contributed by atoms with Gasteiger partial charge in [-0.1, -0.05) is 17.7 Å². The Morgan fingerprint density at radius 3 is 2.61 bits per heavy atom. The van der Waals surface area contributed by atoms with Crippen LogP contribution < -0.4 is 20.3 Å². The number of nitrogens with one attached hydrogen (secondary N) is 2. The lowest BCUT2D eigenvalue weighted by Gasteiger charge is -2.31. The smallest absolute Gasteiger partial charge is 0.253 e. The van der Waals surface area contributed by atoms with Gasteiger partial charge in [-0.3, -0.25) is 9.69 Å². The predicted octanol–water partition coefficient (Wildman–Crippen LogP) is 3.41. The van der Waals surface area contributed by atoms with Crippen LogP contribution in [-0.2, 0) is 17.7 Å². The number of fused-ring (bicyclic) bond motifs is 1. The number of thiocarbonyl (C=S) groups is 1. The van der Waals surface area contributed by atoms with Crippen LogP contribution in [0.1, 0.15) is 22.3 Å². The van der Waals surface area contributed by atoms with Gasteiger partial charge in [-0.25, -0.2) is 0 Å². The molecule has 0 spiro atoms. The monoisotopic (exact) mass is 538 g/mol. The van der Waals surface area contributed by atoms with Gasteiger partial charge in [0.1, 0.15) is 0 Å². The lowest BCUT2D eigenvalue weighted by molar-refractivity contribution is 0.0357. The Hall–Kier alpha value is -3.14. The van der Waals surface area contributed by atoms with E-state index in [1.54, 1.807) is 14.2 Å². The number of pyridine rings is 1. The van der Waals surface area contributed by atoms with Crippen LogP contribution >= 0.6 is 12.2 Å². The van der Waals surface area contributed by atoms with Crippen LogP contribution in [0.5, 0.6) is 11.5 Å². The number of aryl methyl sites for hydroxylation is 2. The Balaban J connectivity index is 1.47. The number of aromatic nitrogens is 1. The number of methoxy groups -OCH3 is 2. The Morgan fingerprint density at radius 2 is 1.87 bits per heavy atom. The summed E-state index contributed by atoms with van der Waals surface area (Å²) in [6.07, 6.45) is 0.771. The normalized spacial score (nSPS) is 13.9. The van der Waals surface area contributed by atoms with Crippen molar-refractivity contribution in [2.75, 3.05) is 60.2 Å². The van der Waals surface area contributed by atoms with E-state index in [0.29, 0.717) is 41.8 Å². The Kier molecular flexibility index (Phi) is 9.60. The minimum Gasteiger partial charge on any atom is -0.493 e. The molecule has 0 atom stereocenters. The molecule has 1 saturated heterocycles. The average Bonchev–Trinajstić information content (AvgIpc) is 2.92. The summed E-state index contributed by atoms with van der Waals surface area (Å²) >= 11 is 5.84. The summed E-state index contributed by atoms with van der Waals surface area (Å²) in [7, 11) is 3.27. The van der Waals surface area contributed by atoms with Crippen LogP contribution in [0, 0.1) is 13.8 Å². The van der Waals surface area contributed by atoms with E-state index in [2.05, 4.69) is 39.2 Å². The second-order valence-electron chi connectivity index (χ2n) is 9.72.